The Morgan fingerprint density at radius 2 is 1.72 bits per heavy atom. The summed E-state index contributed by atoms with van der Waals surface area (Å²) in [6.07, 6.45) is 0. The van der Waals surface area contributed by atoms with Crippen molar-refractivity contribution in [1.29, 1.82) is 0 Å². The molecular weight excluding hydrogens is 316 g/mol. The summed E-state index contributed by atoms with van der Waals surface area (Å²) in [5.41, 5.74) is 1.81. The number of hydrogen-bond donors (Lipinski definition) is 2. The Morgan fingerprint density at radius 3 is 2.40 bits per heavy atom. The molecule has 0 bridgehead atoms. The summed E-state index contributed by atoms with van der Waals surface area (Å²) in [6, 6.07) is 15.8. The quantitative estimate of drug-likeness (QED) is 0.677. The molecule has 0 aliphatic carbocycles. The molecule has 0 atom stereocenters. The lowest BCUT2D eigenvalue weighted by atomic mass is 10.0. The minimum atomic E-state index is -0.0485. The molecule has 0 unspecified atom stereocenters. The van der Waals surface area contributed by atoms with Crippen molar-refractivity contribution in [3.8, 4) is 17.0 Å². The molecule has 2 N–H and O–H groups in total. The molecular formula is C19H20N4O2. The third kappa shape index (κ3) is 3.85. The number of nitrogens with zero attached hydrogens (tertiary/aromatic N) is 2. The number of hydrogen-bond acceptors (Lipinski definition) is 5. The van der Waals surface area contributed by atoms with Crippen LogP contribution in [0.5, 0.6) is 5.75 Å². The van der Waals surface area contributed by atoms with Gasteiger partial charge in [-0.15, -0.1) is 10.2 Å². The van der Waals surface area contributed by atoms with Gasteiger partial charge in [-0.05, 0) is 24.3 Å². The zero-order chi connectivity index (χ0) is 17.6. The summed E-state index contributed by atoms with van der Waals surface area (Å²) in [5.74, 6) is 1.46. The Kier molecular flexibility index (Phi) is 5.09. The van der Waals surface area contributed by atoms with E-state index in [2.05, 4.69) is 20.8 Å². The first-order chi connectivity index (χ1) is 12.2. The Balaban J connectivity index is 1.91. The molecule has 1 aromatic heterocycles. The lowest BCUT2D eigenvalue weighted by molar-refractivity contribution is -0.118. The minimum absolute atomic E-state index is 0.0485. The molecule has 3 aromatic rings. The van der Waals surface area contributed by atoms with Crippen LogP contribution in [0.15, 0.2) is 48.5 Å². The van der Waals surface area contributed by atoms with E-state index in [1.165, 1.54) is 6.92 Å². The molecule has 25 heavy (non-hydrogen) atoms. The lowest BCUT2D eigenvalue weighted by Gasteiger charge is -2.11. The number of methoxy groups -OCH3 is 1. The molecule has 1 heterocycles. The van der Waals surface area contributed by atoms with Crippen LogP contribution in [0.1, 0.15) is 6.92 Å². The van der Waals surface area contributed by atoms with Gasteiger partial charge in [0.2, 0.25) is 5.91 Å². The van der Waals surface area contributed by atoms with Crippen LogP contribution >= 0.6 is 0 Å². The average molecular weight is 336 g/mol. The SMILES string of the molecule is COc1ccc(-c2nnc(NCCNC(C)=O)c3ccccc23)cc1. The fraction of sp³-hybridized carbons (Fsp3) is 0.211. The van der Waals surface area contributed by atoms with Gasteiger partial charge in [0, 0.05) is 36.3 Å². The maximum Gasteiger partial charge on any atom is 0.216 e. The highest BCUT2D eigenvalue weighted by atomic mass is 16.5. The Hall–Kier alpha value is -3.15. The van der Waals surface area contributed by atoms with E-state index in [1.807, 2.05) is 48.5 Å². The lowest BCUT2D eigenvalue weighted by Crippen LogP contribution is -2.26. The maximum absolute atomic E-state index is 10.9. The fourth-order valence-electron chi connectivity index (χ4n) is 2.62. The first-order valence-electron chi connectivity index (χ1n) is 8.07. The highest BCUT2D eigenvalue weighted by Gasteiger charge is 2.10. The van der Waals surface area contributed by atoms with Crippen molar-refractivity contribution in [2.75, 3.05) is 25.5 Å². The third-order valence-electron chi connectivity index (χ3n) is 3.84. The van der Waals surface area contributed by atoms with Gasteiger partial charge in [0.1, 0.15) is 11.4 Å². The van der Waals surface area contributed by atoms with Crippen LogP contribution in [-0.4, -0.2) is 36.3 Å². The van der Waals surface area contributed by atoms with E-state index >= 15 is 0 Å². The molecule has 0 spiro atoms. The van der Waals surface area contributed by atoms with Gasteiger partial charge >= 0.3 is 0 Å². The van der Waals surface area contributed by atoms with Crippen molar-refractivity contribution in [1.82, 2.24) is 15.5 Å². The Morgan fingerprint density at radius 1 is 1.00 bits per heavy atom. The van der Waals surface area contributed by atoms with E-state index in [-0.39, 0.29) is 5.91 Å². The summed E-state index contributed by atoms with van der Waals surface area (Å²) in [4.78, 5) is 10.9. The Labute approximate surface area is 146 Å². The van der Waals surface area contributed by atoms with Crippen molar-refractivity contribution in [2.45, 2.75) is 6.92 Å². The number of rotatable bonds is 6. The van der Waals surface area contributed by atoms with Gasteiger partial charge in [0.05, 0.1) is 7.11 Å². The van der Waals surface area contributed by atoms with Crippen molar-refractivity contribution < 1.29 is 9.53 Å². The summed E-state index contributed by atoms with van der Waals surface area (Å²) in [5, 5.41) is 16.7. The van der Waals surface area contributed by atoms with Crippen molar-refractivity contribution in [3.63, 3.8) is 0 Å². The van der Waals surface area contributed by atoms with Gasteiger partial charge in [-0.1, -0.05) is 24.3 Å². The van der Waals surface area contributed by atoms with E-state index in [0.29, 0.717) is 18.9 Å². The van der Waals surface area contributed by atoms with Gasteiger partial charge in [-0.3, -0.25) is 4.79 Å². The molecule has 6 nitrogen and oxygen atoms in total. The number of benzene rings is 2. The molecule has 6 heteroatoms. The Bertz CT molecular complexity index is 878. The molecule has 0 aliphatic rings. The third-order valence-corrected chi connectivity index (χ3v) is 3.84. The first kappa shape index (κ1) is 16.7. The molecule has 0 aliphatic heterocycles. The standard InChI is InChI=1S/C19H20N4O2/c1-13(24)20-11-12-21-19-17-6-4-3-5-16(17)18(22-23-19)14-7-9-15(25-2)10-8-14/h3-10H,11-12H2,1-2H3,(H,20,24)(H,21,23). The van der Waals surface area contributed by atoms with E-state index in [9.17, 15) is 4.79 Å². The van der Waals surface area contributed by atoms with Gasteiger partial charge in [-0.2, -0.15) is 0 Å². The van der Waals surface area contributed by atoms with Gasteiger partial charge in [0.15, 0.2) is 5.82 Å². The van der Waals surface area contributed by atoms with Gasteiger partial charge in [-0.25, -0.2) is 0 Å². The van der Waals surface area contributed by atoms with Crippen molar-refractivity contribution >= 4 is 22.5 Å². The van der Waals surface area contributed by atoms with Gasteiger partial charge < -0.3 is 15.4 Å². The highest BCUT2D eigenvalue weighted by Crippen LogP contribution is 2.30. The van der Waals surface area contributed by atoms with Crippen LogP contribution in [0.2, 0.25) is 0 Å². The molecule has 0 radical (unpaired) electrons. The summed E-state index contributed by atoms with van der Waals surface area (Å²) in [6.45, 7) is 2.62. The number of aromatic nitrogens is 2. The first-order valence-corrected chi connectivity index (χ1v) is 8.07. The molecule has 0 saturated carbocycles. The van der Waals surface area contributed by atoms with E-state index < -0.39 is 0 Å². The second-order valence-electron chi connectivity index (χ2n) is 5.58. The summed E-state index contributed by atoms with van der Waals surface area (Å²) >= 11 is 0. The van der Waals surface area contributed by atoms with Crippen LogP contribution < -0.4 is 15.4 Å². The van der Waals surface area contributed by atoms with E-state index in [0.717, 1.165) is 27.8 Å². The fourth-order valence-corrected chi connectivity index (χ4v) is 2.62. The van der Waals surface area contributed by atoms with Crippen LogP contribution in [0.25, 0.3) is 22.0 Å². The number of nitrogens with one attached hydrogen (secondary N) is 2. The number of carbonyl (C=O) groups is 1. The topological polar surface area (TPSA) is 76.1 Å². The molecule has 0 saturated heterocycles. The molecule has 3 rings (SSSR count). The number of ether oxygens (including phenoxy) is 1. The number of fused-ring (bicyclic) bond motifs is 1. The molecule has 128 valence electrons. The molecule has 2 aromatic carbocycles. The molecule has 0 fully saturated rings. The zero-order valence-corrected chi connectivity index (χ0v) is 14.2. The summed E-state index contributed by atoms with van der Waals surface area (Å²) in [7, 11) is 1.64. The van der Waals surface area contributed by atoms with Crippen LogP contribution in [-0.2, 0) is 4.79 Å². The van der Waals surface area contributed by atoms with Crippen LogP contribution in [0.3, 0.4) is 0 Å². The monoisotopic (exact) mass is 336 g/mol. The average Bonchev–Trinajstić information content (AvgIpc) is 2.65. The number of amides is 1. The number of anilines is 1. The zero-order valence-electron chi connectivity index (χ0n) is 14.2. The van der Waals surface area contributed by atoms with Gasteiger partial charge in [0.25, 0.3) is 0 Å². The molecule has 1 amide bonds. The predicted molar refractivity (Wildman–Crippen MR) is 98.7 cm³/mol. The normalized spacial score (nSPS) is 10.5. The second kappa shape index (κ2) is 7.61. The maximum atomic E-state index is 10.9. The highest BCUT2D eigenvalue weighted by molar-refractivity contribution is 6.00. The van der Waals surface area contributed by atoms with Crippen molar-refractivity contribution in [3.05, 3.63) is 48.5 Å². The predicted octanol–water partition coefficient (Wildman–Crippen LogP) is 2.85. The van der Waals surface area contributed by atoms with Crippen LogP contribution in [0, 0.1) is 0 Å². The van der Waals surface area contributed by atoms with Crippen molar-refractivity contribution in [2.24, 2.45) is 0 Å². The largest absolute Gasteiger partial charge is 0.497 e. The van der Waals surface area contributed by atoms with Crippen LogP contribution in [0.4, 0.5) is 5.82 Å². The van der Waals surface area contributed by atoms with E-state index in [1.54, 1.807) is 7.11 Å². The summed E-state index contributed by atoms with van der Waals surface area (Å²) < 4.78 is 5.21. The minimum Gasteiger partial charge on any atom is -0.497 e. The smallest absolute Gasteiger partial charge is 0.216 e. The van der Waals surface area contributed by atoms with E-state index in [4.69, 9.17) is 4.74 Å². The number of carbonyl (C=O) groups excluding carboxylic acids is 1. The second-order valence-corrected chi connectivity index (χ2v) is 5.58.